The van der Waals surface area contributed by atoms with Crippen molar-refractivity contribution >= 4 is 58.2 Å². The summed E-state index contributed by atoms with van der Waals surface area (Å²) in [5, 5.41) is 0.306. The van der Waals surface area contributed by atoms with Crippen molar-refractivity contribution in [3.63, 3.8) is 0 Å². The molecule has 5 nitrogen and oxygen atoms in total. The molecule has 1 saturated heterocycles. The maximum atomic E-state index is 12.1. The first-order chi connectivity index (χ1) is 9.92. The van der Waals surface area contributed by atoms with Gasteiger partial charge in [0.05, 0.1) is 12.0 Å². The van der Waals surface area contributed by atoms with Gasteiger partial charge in [-0.2, -0.15) is 0 Å². The average Bonchev–Trinajstić information content (AvgIpc) is 2.69. The molecule has 110 valence electrons. The van der Waals surface area contributed by atoms with E-state index in [1.165, 1.54) is 19.3 Å². The van der Waals surface area contributed by atoms with Crippen molar-refractivity contribution < 1.29 is 19.1 Å². The third-order valence-corrected chi connectivity index (χ3v) is 4.11. The minimum atomic E-state index is -0.664. The van der Waals surface area contributed by atoms with Gasteiger partial charge in [0.15, 0.2) is 0 Å². The molecule has 2 rings (SSSR count). The molecule has 0 aromatic heterocycles. The van der Waals surface area contributed by atoms with Gasteiger partial charge in [0.25, 0.3) is 11.1 Å². The van der Waals surface area contributed by atoms with E-state index in [9.17, 15) is 14.4 Å². The van der Waals surface area contributed by atoms with Crippen LogP contribution in [0.15, 0.2) is 23.1 Å². The number of nitrogens with zero attached hydrogens (tertiary/aromatic N) is 1. The smallest absolute Gasteiger partial charge is 0.325 e. The number of halogens is 2. The summed E-state index contributed by atoms with van der Waals surface area (Å²) in [5.74, 6) is -1.22. The molecule has 0 N–H and O–H groups in total. The molecule has 0 radical (unpaired) electrons. The Bertz CT molecular complexity index is 660. The zero-order valence-electron chi connectivity index (χ0n) is 10.8. The fraction of sp³-hybridized carbons (Fsp3) is 0.154. The summed E-state index contributed by atoms with van der Waals surface area (Å²) >= 11 is 12.5. The van der Waals surface area contributed by atoms with Gasteiger partial charge in [0.1, 0.15) is 6.54 Å². The lowest BCUT2D eigenvalue weighted by molar-refractivity contribution is -0.143. The van der Waals surface area contributed by atoms with Crippen LogP contribution in [-0.2, 0) is 14.3 Å². The maximum Gasteiger partial charge on any atom is 0.325 e. The fourth-order valence-electron chi connectivity index (χ4n) is 1.59. The van der Waals surface area contributed by atoms with Crippen molar-refractivity contribution in [2.45, 2.75) is 0 Å². The number of imide groups is 1. The van der Waals surface area contributed by atoms with Crippen molar-refractivity contribution in [3.05, 3.63) is 38.7 Å². The zero-order valence-corrected chi connectivity index (χ0v) is 13.1. The molecule has 1 aliphatic heterocycles. The van der Waals surface area contributed by atoms with Crippen LogP contribution in [-0.4, -0.2) is 35.7 Å². The molecule has 0 aliphatic carbocycles. The monoisotopic (exact) mass is 345 g/mol. The molecule has 0 saturated carbocycles. The summed E-state index contributed by atoms with van der Waals surface area (Å²) in [6.07, 6.45) is 1.49. The standard InChI is InChI=1S/C13H9Cl2NO4S/c1-20-11(17)6-16-12(18)10(21-13(16)19)4-7-2-3-8(14)5-9(7)15/h2-5H,6H2,1H3/b10-4+. The molecule has 1 aromatic carbocycles. The minimum absolute atomic E-state index is 0.188. The van der Waals surface area contributed by atoms with Crippen LogP contribution in [0.1, 0.15) is 5.56 Å². The lowest BCUT2D eigenvalue weighted by Gasteiger charge is -2.09. The maximum absolute atomic E-state index is 12.1. The first kappa shape index (κ1) is 15.9. The Morgan fingerprint density at radius 3 is 2.71 bits per heavy atom. The van der Waals surface area contributed by atoms with Gasteiger partial charge < -0.3 is 4.74 Å². The van der Waals surface area contributed by atoms with Crippen LogP contribution in [0.5, 0.6) is 0 Å². The molecular weight excluding hydrogens is 337 g/mol. The van der Waals surface area contributed by atoms with E-state index in [1.54, 1.807) is 12.1 Å². The van der Waals surface area contributed by atoms with E-state index in [4.69, 9.17) is 23.2 Å². The van der Waals surface area contributed by atoms with Crippen molar-refractivity contribution in [1.82, 2.24) is 4.90 Å². The molecule has 1 heterocycles. The van der Waals surface area contributed by atoms with E-state index >= 15 is 0 Å². The van der Waals surface area contributed by atoms with Crippen LogP contribution in [0, 0.1) is 0 Å². The highest BCUT2D eigenvalue weighted by molar-refractivity contribution is 8.18. The zero-order chi connectivity index (χ0) is 15.6. The molecule has 1 aliphatic rings. The molecule has 8 heteroatoms. The number of rotatable bonds is 3. The normalized spacial score (nSPS) is 16.7. The summed E-state index contributed by atoms with van der Waals surface area (Å²) < 4.78 is 4.45. The summed E-state index contributed by atoms with van der Waals surface area (Å²) in [7, 11) is 1.19. The van der Waals surface area contributed by atoms with Gasteiger partial charge in [-0.1, -0.05) is 29.3 Å². The van der Waals surface area contributed by atoms with E-state index in [0.717, 1.165) is 16.7 Å². The number of amides is 2. The largest absolute Gasteiger partial charge is 0.468 e. The molecule has 1 fully saturated rings. The highest BCUT2D eigenvalue weighted by atomic mass is 35.5. The Kier molecular flexibility index (Phi) is 4.92. The van der Waals surface area contributed by atoms with E-state index in [-0.39, 0.29) is 4.91 Å². The summed E-state index contributed by atoms with van der Waals surface area (Å²) in [5.41, 5.74) is 0.560. The molecule has 1 aromatic rings. The number of carbonyl (C=O) groups is 3. The Hall–Kier alpha value is -1.50. The summed E-state index contributed by atoms with van der Waals surface area (Å²) in [6, 6.07) is 4.80. The van der Waals surface area contributed by atoms with Gasteiger partial charge in [0.2, 0.25) is 0 Å². The lowest BCUT2D eigenvalue weighted by atomic mass is 10.2. The quantitative estimate of drug-likeness (QED) is 0.621. The minimum Gasteiger partial charge on any atom is -0.468 e. The molecule has 21 heavy (non-hydrogen) atoms. The highest BCUT2D eigenvalue weighted by Crippen LogP contribution is 2.33. The van der Waals surface area contributed by atoms with Crippen molar-refractivity contribution in [2.75, 3.05) is 13.7 Å². The first-order valence-corrected chi connectivity index (χ1v) is 7.27. The fourth-order valence-corrected chi connectivity index (χ4v) is 2.88. The van der Waals surface area contributed by atoms with Crippen LogP contribution in [0.4, 0.5) is 4.79 Å². The SMILES string of the molecule is COC(=O)CN1C(=O)S/C(=C/c2ccc(Cl)cc2Cl)C1=O. The van der Waals surface area contributed by atoms with Crippen molar-refractivity contribution in [2.24, 2.45) is 0 Å². The van der Waals surface area contributed by atoms with Crippen LogP contribution < -0.4 is 0 Å². The third kappa shape index (κ3) is 3.58. The second-order valence-corrected chi connectivity index (χ2v) is 5.85. The van der Waals surface area contributed by atoms with Crippen LogP contribution in [0.2, 0.25) is 10.0 Å². The van der Waals surface area contributed by atoms with E-state index in [0.29, 0.717) is 15.6 Å². The second kappa shape index (κ2) is 6.51. The lowest BCUT2D eigenvalue weighted by Crippen LogP contribution is -2.34. The number of methoxy groups -OCH3 is 1. The summed E-state index contributed by atoms with van der Waals surface area (Å²) in [4.78, 5) is 36.0. The Morgan fingerprint density at radius 1 is 1.38 bits per heavy atom. The third-order valence-electron chi connectivity index (χ3n) is 2.64. The van der Waals surface area contributed by atoms with Crippen LogP contribution in [0.25, 0.3) is 6.08 Å². The Balaban J connectivity index is 2.25. The molecule has 0 bridgehead atoms. The predicted octanol–water partition coefficient (Wildman–Crippen LogP) is 3.20. The van der Waals surface area contributed by atoms with Gasteiger partial charge >= 0.3 is 5.97 Å². The number of thioether (sulfide) groups is 1. The highest BCUT2D eigenvalue weighted by Gasteiger charge is 2.36. The Morgan fingerprint density at radius 2 is 2.10 bits per heavy atom. The number of esters is 1. The molecule has 0 spiro atoms. The van der Waals surface area contributed by atoms with Crippen LogP contribution >= 0.6 is 35.0 Å². The topological polar surface area (TPSA) is 63.7 Å². The number of carbonyl (C=O) groups excluding carboxylic acids is 3. The van der Waals surface area contributed by atoms with E-state index < -0.39 is 23.7 Å². The van der Waals surface area contributed by atoms with Gasteiger partial charge in [-0.15, -0.1) is 0 Å². The van der Waals surface area contributed by atoms with E-state index in [2.05, 4.69) is 4.74 Å². The average molecular weight is 346 g/mol. The van der Waals surface area contributed by atoms with Gasteiger partial charge in [-0.25, -0.2) is 0 Å². The number of hydrogen-bond acceptors (Lipinski definition) is 5. The second-order valence-electron chi connectivity index (χ2n) is 4.01. The van der Waals surface area contributed by atoms with Gasteiger partial charge in [0, 0.05) is 10.0 Å². The van der Waals surface area contributed by atoms with Gasteiger partial charge in [-0.3, -0.25) is 19.3 Å². The molecular formula is C13H9Cl2NO4S. The molecule has 2 amide bonds. The number of ether oxygens (including phenoxy) is 1. The van der Waals surface area contributed by atoms with Gasteiger partial charge in [-0.05, 0) is 35.5 Å². The molecule has 0 unspecified atom stereocenters. The number of benzene rings is 1. The summed E-state index contributed by atoms with van der Waals surface area (Å²) in [6.45, 7) is -0.410. The molecule has 0 atom stereocenters. The first-order valence-electron chi connectivity index (χ1n) is 5.69. The predicted molar refractivity (Wildman–Crippen MR) is 81.2 cm³/mol. The van der Waals surface area contributed by atoms with Crippen molar-refractivity contribution in [3.8, 4) is 0 Å². The van der Waals surface area contributed by atoms with Crippen molar-refractivity contribution in [1.29, 1.82) is 0 Å². The van der Waals surface area contributed by atoms with Crippen LogP contribution in [0.3, 0.4) is 0 Å². The Labute approximate surface area is 134 Å². The number of hydrogen-bond donors (Lipinski definition) is 0. The van der Waals surface area contributed by atoms with E-state index in [1.807, 2.05) is 0 Å².